The van der Waals surface area contributed by atoms with Gasteiger partial charge in [0.05, 0.1) is 0 Å². The third-order valence-corrected chi connectivity index (χ3v) is 3.35. The van der Waals surface area contributed by atoms with Gasteiger partial charge < -0.3 is 0 Å². The molecule has 1 heterocycles. The fourth-order valence-corrected chi connectivity index (χ4v) is 2.08. The van der Waals surface area contributed by atoms with E-state index in [1.54, 1.807) is 5.57 Å². The first kappa shape index (κ1) is 7.20. The summed E-state index contributed by atoms with van der Waals surface area (Å²) in [6.07, 6.45) is 5.01. The molecule has 1 unspecified atom stereocenters. The Bertz CT molecular complexity index is 116. The SMILES string of the molecule is CCC1CC=C(C)CS1. The summed E-state index contributed by atoms with van der Waals surface area (Å²) in [5.41, 5.74) is 1.56. The maximum atomic E-state index is 2.38. The van der Waals surface area contributed by atoms with Gasteiger partial charge in [0.15, 0.2) is 0 Å². The third kappa shape index (κ3) is 2.05. The Kier molecular flexibility index (Phi) is 2.65. The molecule has 0 saturated carbocycles. The monoisotopic (exact) mass is 142 g/mol. The van der Waals surface area contributed by atoms with Crippen molar-refractivity contribution in [3.8, 4) is 0 Å². The summed E-state index contributed by atoms with van der Waals surface area (Å²) >= 11 is 2.10. The van der Waals surface area contributed by atoms with Crippen LogP contribution in [0.1, 0.15) is 26.7 Å². The molecule has 0 amide bonds. The van der Waals surface area contributed by atoms with Gasteiger partial charge in [0.1, 0.15) is 0 Å². The fraction of sp³-hybridized carbons (Fsp3) is 0.750. The van der Waals surface area contributed by atoms with Crippen LogP contribution in [0.5, 0.6) is 0 Å². The second-order valence-electron chi connectivity index (χ2n) is 2.63. The molecule has 0 saturated heterocycles. The van der Waals surface area contributed by atoms with Crippen LogP contribution in [0.2, 0.25) is 0 Å². The predicted octanol–water partition coefficient (Wildman–Crippen LogP) is 2.85. The van der Waals surface area contributed by atoms with Gasteiger partial charge in [0.2, 0.25) is 0 Å². The molecule has 0 aromatic rings. The molecule has 0 N–H and O–H groups in total. The molecule has 0 aromatic heterocycles. The van der Waals surface area contributed by atoms with Gasteiger partial charge in [0, 0.05) is 11.0 Å². The van der Waals surface area contributed by atoms with E-state index in [0.29, 0.717) is 0 Å². The van der Waals surface area contributed by atoms with Crippen LogP contribution in [0.4, 0.5) is 0 Å². The lowest BCUT2D eigenvalue weighted by molar-refractivity contribution is 0.824. The van der Waals surface area contributed by atoms with Gasteiger partial charge in [-0.15, -0.1) is 0 Å². The molecule has 0 radical (unpaired) electrons. The molecular formula is C8H14S. The molecule has 0 fully saturated rings. The second-order valence-corrected chi connectivity index (χ2v) is 3.92. The van der Waals surface area contributed by atoms with E-state index < -0.39 is 0 Å². The summed E-state index contributed by atoms with van der Waals surface area (Å²) in [7, 11) is 0. The topological polar surface area (TPSA) is 0 Å². The standard InChI is InChI=1S/C8H14S/c1-3-8-5-4-7(2)6-9-8/h4,8H,3,5-6H2,1-2H3. The maximum Gasteiger partial charge on any atom is 0.0143 e. The van der Waals surface area contributed by atoms with Crippen LogP contribution in [0.25, 0.3) is 0 Å². The van der Waals surface area contributed by atoms with Gasteiger partial charge in [-0.1, -0.05) is 18.6 Å². The van der Waals surface area contributed by atoms with Crippen molar-refractivity contribution in [2.24, 2.45) is 0 Å². The normalized spacial score (nSPS) is 27.8. The van der Waals surface area contributed by atoms with Crippen LogP contribution in [0.3, 0.4) is 0 Å². The Morgan fingerprint density at radius 3 is 3.00 bits per heavy atom. The van der Waals surface area contributed by atoms with Gasteiger partial charge >= 0.3 is 0 Å². The molecule has 0 bridgehead atoms. The highest BCUT2D eigenvalue weighted by atomic mass is 32.2. The van der Waals surface area contributed by atoms with E-state index in [1.165, 1.54) is 18.6 Å². The molecule has 1 aliphatic heterocycles. The summed E-state index contributed by atoms with van der Waals surface area (Å²) in [5, 5.41) is 0.911. The van der Waals surface area contributed by atoms with Crippen molar-refractivity contribution >= 4 is 11.8 Å². The minimum absolute atomic E-state index is 0.911. The highest BCUT2D eigenvalue weighted by molar-refractivity contribution is 8.00. The fourth-order valence-electron chi connectivity index (χ4n) is 0.993. The number of hydrogen-bond acceptors (Lipinski definition) is 1. The lowest BCUT2D eigenvalue weighted by atomic mass is 10.2. The van der Waals surface area contributed by atoms with E-state index in [1.807, 2.05) is 0 Å². The average Bonchev–Trinajstić information content (AvgIpc) is 1.90. The van der Waals surface area contributed by atoms with Crippen molar-refractivity contribution in [3.05, 3.63) is 11.6 Å². The molecule has 1 rings (SSSR count). The molecule has 52 valence electrons. The second kappa shape index (κ2) is 3.31. The maximum absolute atomic E-state index is 2.38. The van der Waals surface area contributed by atoms with E-state index in [9.17, 15) is 0 Å². The number of allylic oxidation sites excluding steroid dienone is 1. The molecule has 0 aliphatic carbocycles. The van der Waals surface area contributed by atoms with Crippen LogP contribution in [-0.2, 0) is 0 Å². The summed E-state index contributed by atoms with van der Waals surface area (Å²) in [4.78, 5) is 0. The van der Waals surface area contributed by atoms with E-state index in [0.717, 1.165) is 5.25 Å². The summed E-state index contributed by atoms with van der Waals surface area (Å²) < 4.78 is 0. The highest BCUT2D eigenvalue weighted by Crippen LogP contribution is 2.26. The summed E-state index contributed by atoms with van der Waals surface area (Å²) in [6.45, 7) is 4.49. The van der Waals surface area contributed by atoms with Gasteiger partial charge in [-0.2, -0.15) is 11.8 Å². The summed E-state index contributed by atoms with van der Waals surface area (Å²) in [5.74, 6) is 1.26. The van der Waals surface area contributed by atoms with Crippen molar-refractivity contribution in [3.63, 3.8) is 0 Å². The highest BCUT2D eigenvalue weighted by Gasteiger charge is 2.09. The van der Waals surface area contributed by atoms with Crippen LogP contribution in [0.15, 0.2) is 11.6 Å². The van der Waals surface area contributed by atoms with Gasteiger partial charge in [0.25, 0.3) is 0 Å². The largest absolute Gasteiger partial charge is 0.154 e. The zero-order valence-electron chi connectivity index (χ0n) is 6.18. The summed E-state index contributed by atoms with van der Waals surface area (Å²) in [6, 6.07) is 0. The van der Waals surface area contributed by atoms with Crippen molar-refractivity contribution in [1.82, 2.24) is 0 Å². The zero-order valence-corrected chi connectivity index (χ0v) is 7.00. The van der Waals surface area contributed by atoms with Crippen molar-refractivity contribution < 1.29 is 0 Å². The predicted molar refractivity (Wildman–Crippen MR) is 44.9 cm³/mol. The first-order chi connectivity index (χ1) is 4.33. The first-order valence-corrected chi connectivity index (χ1v) is 4.65. The van der Waals surface area contributed by atoms with Crippen molar-refractivity contribution in [1.29, 1.82) is 0 Å². The van der Waals surface area contributed by atoms with Crippen LogP contribution >= 0.6 is 11.8 Å². The van der Waals surface area contributed by atoms with E-state index in [2.05, 4.69) is 31.7 Å². The molecule has 0 spiro atoms. The number of thioether (sulfide) groups is 1. The van der Waals surface area contributed by atoms with Crippen LogP contribution in [-0.4, -0.2) is 11.0 Å². The molecule has 0 nitrogen and oxygen atoms in total. The average molecular weight is 142 g/mol. The Morgan fingerprint density at radius 1 is 1.78 bits per heavy atom. The van der Waals surface area contributed by atoms with Crippen molar-refractivity contribution in [2.45, 2.75) is 31.9 Å². The van der Waals surface area contributed by atoms with Gasteiger partial charge in [-0.25, -0.2) is 0 Å². The molecule has 1 heteroatoms. The number of hydrogen-bond donors (Lipinski definition) is 0. The lowest BCUT2D eigenvalue weighted by Crippen LogP contribution is -2.05. The third-order valence-electron chi connectivity index (χ3n) is 1.73. The Balaban J connectivity index is 2.36. The molecule has 9 heavy (non-hydrogen) atoms. The minimum Gasteiger partial charge on any atom is -0.154 e. The van der Waals surface area contributed by atoms with Crippen LogP contribution < -0.4 is 0 Å². The molecule has 1 aliphatic rings. The minimum atomic E-state index is 0.911. The van der Waals surface area contributed by atoms with Crippen molar-refractivity contribution in [2.75, 3.05) is 5.75 Å². The smallest absolute Gasteiger partial charge is 0.0143 e. The Hall–Kier alpha value is 0.0900. The zero-order chi connectivity index (χ0) is 6.69. The van der Waals surface area contributed by atoms with Crippen LogP contribution in [0, 0.1) is 0 Å². The van der Waals surface area contributed by atoms with Gasteiger partial charge in [-0.3, -0.25) is 0 Å². The van der Waals surface area contributed by atoms with E-state index in [4.69, 9.17) is 0 Å². The quantitative estimate of drug-likeness (QED) is 0.507. The molecule has 1 atom stereocenters. The van der Waals surface area contributed by atoms with E-state index >= 15 is 0 Å². The molecular weight excluding hydrogens is 128 g/mol. The Labute approximate surface area is 61.7 Å². The number of rotatable bonds is 1. The Morgan fingerprint density at radius 2 is 2.56 bits per heavy atom. The first-order valence-electron chi connectivity index (χ1n) is 3.60. The lowest BCUT2D eigenvalue weighted by Gasteiger charge is -2.17. The molecule has 0 aromatic carbocycles. The van der Waals surface area contributed by atoms with Gasteiger partial charge in [-0.05, 0) is 19.8 Å². The van der Waals surface area contributed by atoms with E-state index in [-0.39, 0.29) is 0 Å².